The van der Waals surface area contributed by atoms with E-state index in [1.54, 1.807) is 0 Å². The molecule has 2 nitrogen and oxygen atoms in total. The highest BCUT2D eigenvalue weighted by atomic mass is 16.7. The summed E-state index contributed by atoms with van der Waals surface area (Å²) in [7, 11) is 0. The third kappa shape index (κ3) is 1.33. The van der Waals surface area contributed by atoms with Gasteiger partial charge in [-0.15, -0.1) is 0 Å². The number of hydrogen-bond acceptors (Lipinski definition) is 2. The first-order chi connectivity index (χ1) is 5.25. The van der Waals surface area contributed by atoms with Crippen LogP contribution in [0.3, 0.4) is 0 Å². The normalized spacial score (nSPS) is 44.1. The molecule has 0 N–H and O–H groups in total. The molecule has 2 aliphatic rings. The zero-order valence-electron chi connectivity index (χ0n) is 6.88. The molecular weight excluding hydrogens is 140 g/mol. The first-order valence-electron chi connectivity index (χ1n) is 4.23. The number of ether oxygens (including phenoxy) is 2. The molecule has 0 aromatic heterocycles. The maximum absolute atomic E-state index is 5.55. The standard InChI is InChI=1S/C9H14O2/c1-6-3-4-8-9(5-6)11-7(2)10-8/h7-9H,1,3-5H2,2H3. The van der Waals surface area contributed by atoms with Crippen molar-refractivity contribution in [1.29, 1.82) is 0 Å². The predicted octanol–water partition coefficient (Wildman–Crippen LogP) is 1.86. The smallest absolute Gasteiger partial charge is 0.155 e. The zero-order valence-corrected chi connectivity index (χ0v) is 6.88. The minimum Gasteiger partial charge on any atom is -0.347 e. The first kappa shape index (κ1) is 7.32. The molecule has 0 bridgehead atoms. The molecule has 1 aliphatic heterocycles. The molecule has 1 aliphatic carbocycles. The lowest BCUT2D eigenvalue weighted by Crippen LogP contribution is -2.27. The molecule has 1 saturated heterocycles. The molecule has 62 valence electrons. The van der Waals surface area contributed by atoms with Crippen molar-refractivity contribution in [2.45, 2.75) is 44.7 Å². The molecule has 0 amide bonds. The quantitative estimate of drug-likeness (QED) is 0.496. The summed E-state index contributed by atoms with van der Waals surface area (Å²) in [5, 5.41) is 0. The van der Waals surface area contributed by atoms with Gasteiger partial charge in [0.25, 0.3) is 0 Å². The fourth-order valence-electron chi connectivity index (χ4n) is 1.87. The molecule has 2 rings (SSSR count). The van der Waals surface area contributed by atoms with Crippen molar-refractivity contribution in [1.82, 2.24) is 0 Å². The summed E-state index contributed by atoms with van der Waals surface area (Å²) in [5.41, 5.74) is 1.31. The van der Waals surface area contributed by atoms with Gasteiger partial charge >= 0.3 is 0 Å². The Bertz CT molecular complexity index is 176. The van der Waals surface area contributed by atoms with Crippen molar-refractivity contribution >= 4 is 0 Å². The second-order valence-corrected chi connectivity index (χ2v) is 3.41. The molecular formula is C9H14O2. The van der Waals surface area contributed by atoms with Crippen LogP contribution in [0.25, 0.3) is 0 Å². The largest absolute Gasteiger partial charge is 0.347 e. The van der Waals surface area contributed by atoms with E-state index in [1.165, 1.54) is 5.57 Å². The van der Waals surface area contributed by atoms with E-state index in [0.29, 0.717) is 12.2 Å². The van der Waals surface area contributed by atoms with E-state index in [4.69, 9.17) is 9.47 Å². The van der Waals surface area contributed by atoms with E-state index in [-0.39, 0.29) is 6.29 Å². The van der Waals surface area contributed by atoms with Crippen LogP contribution in [0.2, 0.25) is 0 Å². The minimum atomic E-state index is -0.00380. The Kier molecular flexibility index (Phi) is 1.74. The van der Waals surface area contributed by atoms with Crippen molar-refractivity contribution in [2.75, 3.05) is 0 Å². The van der Waals surface area contributed by atoms with Gasteiger partial charge in [-0.25, -0.2) is 0 Å². The van der Waals surface area contributed by atoms with Crippen LogP contribution in [0.4, 0.5) is 0 Å². The zero-order chi connectivity index (χ0) is 7.84. The van der Waals surface area contributed by atoms with Gasteiger partial charge in [-0.05, 0) is 26.2 Å². The van der Waals surface area contributed by atoms with Crippen LogP contribution in [0, 0.1) is 0 Å². The molecule has 0 aromatic rings. The third-order valence-electron chi connectivity index (χ3n) is 2.42. The number of fused-ring (bicyclic) bond motifs is 1. The van der Waals surface area contributed by atoms with Gasteiger partial charge in [0.15, 0.2) is 6.29 Å². The molecule has 11 heavy (non-hydrogen) atoms. The van der Waals surface area contributed by atoms with Crippen molar-refractivity contribution in [2.24, 2.45) is 0 Å². The second-order valence-electron chi connectivity index (χ2n) is 3.41. The fourth-order valence-corrected chi connectivity index (χ4v) is 1.87. The Labute approximate surface area is 67.2 Å². The molecule has 2 heteroatoms. The predicted molar refractivity (Wildman–Crippen MR) is 42.2 cm³/mol. The van der Waals surface area contributed by atoms with E-state index in [0.717, 1.165) is 19.3 Å². The van der Waals surface area contributed by atoms with E-state index in [1.807, 2.05) is 6.92 Å². The van der Waals surface area contributed by atoms with Crippen LogP contribution in [-0.2, 0) is 9.47 Å². The van der Waals surface area contributed by atoms with Crippen molar-refractivity contribution in [3.8, 4) is 0 Å². The van der Waals surface area contributed by atoms with Crippen LogP contribution in [0.5, 0.6) is 0 Å². The third-order valence-corrected chi connectivity index (χ3v) is 2.42. The summed E-state index contributed by atoms with van der Waals surface area (Å²) in [5.74, 6) is 0. The highest BCUT2D eigenvalue weighted by molar-refractivity contribution is 5.04. The van der Waals surface area contributed by atoms with Crippen molar-refractivity contribution in [3.63, 3.8) is 0 Å². The van der Waals surface area contributed by atoms with Crippen LogP contribution in [0.1, 0.15) is 26.2 Å². The van der Waals surface area contributed by atoms with Gasteiger partial charge in [0.05, 0.1) is 12.2 Å². The Balaban J connectivity index is 2.02. The fraction of sp³-hybridized carbons (Fsp3) is 0.778. The van der Waals surface area contributed by atoms with Gasteiger partial charge in [-0.1, -0.05) is 12.2 Å². The summed E-state index contributed by atoms with van der Waals surface area (Å²) in [6.45, 7) is 5.92. The lowest BCUT2D eigenvalue weighted by atomic mass is 9.91. The van der Waals surface area contributed by atoms with Gasteiger partial charge in [-0.2, -0.15) is 0 Å². The summed E-state index contributed by atoms with van der Waals surface area (Å²) < 4.78 is 11.1. The first-order valence-corrected chi connectivity index (χ1v) is 4.23. The van der Waals surface area contributed by atoms with Crippen LogP contribution in [-0.4, -0.2) is 18.5 Å². The summed E-state index contributed by atoms with van der Waals surface area (Å²) in [6.07, 6.45) is 3.83. The maximum atomic E-state index is 5.55. The van der Waals surface area contributed by atoms with E-state index >= 15 is 0 Å². The van der Waals surface area contributed by atoms with E-state index in [9.17, 15) is 0 Å². The average Bonchev–Trinajstić information content (AvgIpc) is 2.27. The molecule has 0 spiro atoms. The topological polar surface area (TPSA) is 18.5 Å². The Morgan fingerprint density at radius 1 is 1.36 bits per heavy atom. The summed E-state index contributed by atoms with van der Waals surface area (Å²) in [4.78, 5) is 0. The van der Waals surface area contributed by atoms with Gasteiger partial charge in [0.2, 0.25) is 0 Å². The van der Waals surface area contributed by atoms with Crippen molar-refractivity contribution < 1.29 is 9.47 Å². The number of rotatable bonds is 0. The van der Waals surface area contributed by atoms with E-state index in [2.05, 4.69) is 6.58 Å². The molecule has 0 aromatic carbocycles. The average molecular weight is 154 g/mol. The summed E-state index contributed by atoms with van der Waals surface area (Å²) in [6, 6.07) is 0. The molecule has 2 fully saturated rings. The van der Waals surface area contributed by atoms with Crippen molar-refractivity contribution in [3.05, 3.63) is 12.2 Å². The van der Waals surface area contributed by atoms with Crippen LogP contribution >= 0.6 is 0 Å². The highest BCUT2D eigenvalue weighted by Crippen LogP contribution is 2.33. The highest BCUT2D eigenvalue weighted by Gasteiger charge is 2.36. The summed E-state index contributed by atoms with van der Waals surface area (Å²) >= 11 is 0. The van der Waals surface area contributed by atoms with Crippen LogP contribution < -0.4 is 0 Å². The van der Waals surface area contributed by atoms with Gasteiger partial charge in [-0.3, -0.25) is 0 Å². The minimum absolute atomic E-state index is 0.00380. The maximum Gasteiger partial charge on any atom is 0.155 e. The van der Waals surface area contributed by atoms with E-state index < -0.39 is 0 Å². The van der Waals surface area contributed by atoms with Crippen LogP contribution in [0.15, 0.2) is 12.2 Å². The SMILES string of the molecule is C=C1CCC2OC(C)OC2C1. The second kappa shape index (κ2) is 2.61. The Hall–Kier alpha value is -0.340. The lowest BCUT2D eigenvalue weighted by molar-refractivity contribution is -0.0496. The lowest BCUT2D eigenvalue weighted by Gasteiger charge is -2.23. The molecule has 0 radical (unpaired) electrons. The van der Waals surface area contributed by atoms with Gasteiger partial charge < -0.3 is 9.47 Å². The molecule has 1 saturated carbocycles. The monoisotopic (exact) mass is 154 g/mol. The Morgan fingerprint density at radius 2 is 2.09 bits per heavy atom. The molecule has 3 atom stereocenters. The number of hydrogen-bond donors (Lipinski definition) is 0. The van der Waals surface area contributed by atoms with Gasteiger partial charge in [0.1, 0.15) is 0 Å². The Morgan fingerprint density at radius 3 is 2.91 bits per heavy atom. The molecule has 1 heterocycles. The molecule has 3 unspecified atom stereocenters. The van der Waals surface area contributed by atoms with Gasteiger partial charge in [0, 0.05) is 0 Å².